The van der Waals surface area contributed by atoms with Crippen molar-refractivity contribution in [3.8, 4) is 0 Å². The van der Waals surface area contributed by atoms with Gasteiger partial charge in [-0.1, -0.05) is 19.3 Å². The number of rotatable bonds is 4. The molecule has 6 nitrogen and oxygen atoms in total. The van der Waals surface area contributed by atoms with Crippen molar-refractivity contribution >= 4 is 11.7 Å². The Morgan fingerprint density at radius 2 is 1.89 bits per heavy atom. The molecule has 2 aliphatic rings. The van der Waals surface area contributed by atoms with E-state index >= 15 is 0 Å². The summed E-state index contributed by atoms with van der Waals surface area (Å²) >= 11 is 0. The third kappa shape index (κ3) is 3.84. The van der Waals surface area contributed by atoms with Gasteiger partial charge in [-0.15, -0.1) is 0 Å². The van der Waals surface area contributed by atoms with Crippen molar-refractivity contribution < 1.29 is 4.79 Å². The van der Waals surface area contributed by atoms with Crippen LogP contribution < -0.4 is 4.90 Å². The molecular formula is C21H29N5O. The first-order valence-corrected chi connectivity index (χ1v) is 10.2. The Balaban J connectivity index is 1.46. The van der Waals surface area contributed by atoms with Crippen LogP contribution in [0.2, 0.25) is 0 Å². The smallest absolute Gasteiger partial charge is 0.257 e. The number of likely N-dealkylation sites (tertiary alicyclic amines) is 1. The maximum atomic E-state index is 13.2. The summed E-state index contributed by atoms with van der Waals surface area (Å²) in [4.78, 5) is 29.6. The lowest BCUT2D eigenvalue weighted by molar-refractivity contribution is 0.0711. The van der Waals surface area contributed by atoms with Gasteiger partial charge in [-0.2, -0.15) is 0 Å². The monoisotopic (exact) mass is 367 g/mol. The number of aromatic nitrogens is 3. The first kappa shape index (κ1) is 18.0. The Morgan fingerprint density at radius 1 is 1.11 bits per heavy atom. The predicted octanol–water partition coefficient (Wildman–Crippen LogP) is 3.59. The van der Waals surface area contributed by atoms with Gasteiger partial charge in [0.05, 0.1) is 5.56 Å². The Bertz CT molecular complexity index is 746. The van der Waals surface area contributed by atoms with Gasteiger partial charge in [-0.3, -0.25) is 4.79 Å². The molecule has 0 spiro atoms. The minimum Gasteiger partial charge on any atom is -0.356 e. The Kier molecular flexibility index (Phi) is 5.41. The van der Waals surface area contributed by atoms with E-state index in [1.165, 1.54) is 32.1 Å². The van der Waals surface area contributed by atoms with Gasteiger partial charge in [0, 0.05) is 50.7 Å². The van der Waals surface area contributed by atoms with Gasteiger partial charge >= 0.3 is 0 Å². The number of hydrogen-bond donors (Lipinski definition) is 1. The van der Waals surface area contributed by atoms with Gasteiger partial charge in [0.25, 0.3) is 5.91 Å². The summed E-state index contributed by atoms with van der Waals surface area (Å²) < 4.78 is 0. The number of amides is 1. The molecule has 2 fully saturated rings. The average molecular weight is 367 g/mol. The summed E-state index contributed by atoms with van der Waals surface area (Å²) in [6.45, 7) is 1.54. The van der Waals surface area contributed by atoms with E-state index < -0.39 is 0 Å². The first-order chi connectivity index (χ1) is 13.2. The van der Waals surface area contributed by atoms with Crippen molar-refractivity contribution in [1.29, 1.82) is 0 Å². The van der Waals surface area contributed by atoms with E-state index in [0.717, 1.165) is 43.1 Å². The number of H-pyrrole nitrogens is 1. The number of imidazole rings is 1. The quantitative estimate of drug-likeness (QED) is 0.897. The number of nitrogens with one attached hydrogen (secondary N) is 1. The topological polar surface area (TPSA) is 65.1 Å². The number of nitrogens with zero attached hydrogens (tertiary/aromatic N) is 4. The molecule has 2 aromatic heterocycles. The molecule has 1 aliphatic heterocycles. The van der Waals surface area contributed by atoms with E-state index in [2.05, 4.69) is 26.9 Å². The lowest BCUT2D eigenvalue weighted by atomic mass is 9.94. The summed E-state index contributed by atoms with van der Waals surface area (Å²) in [5, 5.41) is 0. The third-order valence-corrected chi connectivity index (χ3v) is 6.16. The highest BCUT2D eigenvalue weighted by Crippen LogP contribution is 2.30. The minimum absolute atomic E-state index is 0.110. The zero-order chi connectivity index (χ0) is 18.6. The van der Waals surface area contributed by atoms with Gasteiger partial charge in [0.1, 0.15) is 11.6 Å². The molecular weight excluding hydrogens is 338 g/mol. The Morgan fingerprint density at radius 3 is 2.59 bits per heavy atom. The molecule has 2 aromatic rings. The molecule has 0 unspecified atom stereocenters. The largest absolute Gasteiger partial charge is 0.356 e. The van der Waals surface area contributed by atoms with Crippen molar-refractivity contribution in [2.75, 3.05) is 25.0 Å². The molecule has 0 atom stereocenters. The zero-order valence-electron chi connectivity index (χ0n) is 16.1. The summed E-state index contributed by atoms with van der Waals surface area (Å²) in [6.07, 6.45) is 13.6. The van der Waals surface area contributed by atoms with Crippen molar-refractivity contribution in [2.24, 2.45) is 0 Å². The van der Waals surface area contributed by atoms with Gasteiger partial charge in [-0.25, -0.2) is 9.97 Å². The molecule has 4 rings (SSSR count). The molecule has 1 saturated carbocycles. The molecule has 0 radical (unpaired) electrons. The summed E-state index contributed by atoms with van der Waals surface area (Å²) in [6, 6.07) is 4.30. The maximum absolute atomic E-state index is 13.2. The number of hydrogen-bond acceptors (Lipinski definition) is 4. The van der Waals surface area contributed by atoms with Crippen LogP contribution in [0, 0.1) is 0 Å². The van der Waals surface area contributed by atoms with Crippen LogP contribution in [0.1, 0.15) is 67.0 Å². The summed E-state index contributed by atoms with van der Waals surface area (Å²) in [5.41, 5.74) is 0.738. The van der Waals surface area contributed by atoms with E-state index in [1.807, 2.05) is 23.2 Å². The van der Waals surface area contributed by atoms with Gasteiger partial charge < -0.3 is 14.8 Å². The van der Waals surface area contributed by atoms with Crippen molar-refractivity contribution in [3.63, 3.8) is 0 Å². The number of carbonyl (C=O) groups is 1. The molecule has 0 bridgehead atoms. The van der Waals surface area contributed by atoms with Crippen molar-refractivity contribution in [2.45, 2.75) is 56.9 Å². The fourth-order valence-electron chi connectivity index (χ4n) is 4.51. The highest BCUT2D eigenvalue weighted by Gasteiger charge is 2.29. The molecule has 1 saturated heterocycles. The van der Waals surface area contributed by atoms with Gasteiger partial charge in [-0.05, 0) is 37.8 Å². The lowest BCUT2D eigenvalue weighted by Crippen LogP contribution is -2.40. The second kappa shape index (κ2) is 8.11. The molecule has 3 heterocycles. The normalized spacial score (nSPS) is 19.2. The van der Waals surface area contributed by atoms with Gasteiger partial charge in [0.2, 0.25) is 0 Å². The van der Waals surface area contributed by atoms with Crippen LogP contribution in [0.3, 0.4) is 0 Å². The number of aromatic amines is 1. The highest BCUT2D eigenvalue weighted by molar-refractivity contribution is 5.99. The molecule has 0 aromatic carbocycles. The van der Waals surface area contributed by atoms with Crippen LogP contribution in [0.25, 0.3) is 0 Å². The maximum Gasteiger partial charge on any atom is 0.257 e. The summed E-state index contributed by atoms with van der Waals surface area (Å²) in [5.74, 6) is 2.41. The fourth-order valence-corrected chi connectivity index (χ4v) is 4.51. The van der Waals surface area contributed by atoms with Crippen LogP contribution in [-0.4, -0.2) is 51.9 Å². The number of piperidine rings is 1. The van der Waals surface area contributed by atoms with Crippen molar-refractivity contribution in [3.05, 3.63) is 42.1 Å². The fraction of sp³-hybridized carbons (Fsp3) is 0.571. The summed E-state index contributed by atoms with van der Waals surface area (Å²) in [7, 11) is 2.10. The van der Waals surface area contributed by atoms with Crippen LogP contribution in [-0.2, 0) is 0 Å². The Labute approximate surface area is 161 Å². The zero-order valence-corrected chi connectivity index (χ0v) is 16.1. The van der Waals surface area contributed by atoms with E-state index in [1.54, 1.807) is 12.4 Å². The molecule has 1 aliphatic carbocycles. The second-order valence-corrected chi connectivity index (χ2v) is 7.82. The first-order valence-electron chi connectivity index (χ1n) is 10.2. The van der Waals surface area contributed by atoms with Crippen LogP contribution in [0.5, 0.6) is 0 Å². The molecule has 6 heteroatoms. The molecule has 1 N–H and O–H groups in total. The van der Waals surface area contributed by atoms with Gasteiger partial charge in [0.15, 0.2) is 0 Å². The van der Waals surface area contributed by atoms with E-state index in [-0.39, 0.29) is 5.91 Å². The molecule has 27 heavy (non-hydrogen) atoms. The minimum atomic E-state index is 0.110. The SMILES string of the molecule is CN(c1ncccc1C(=O)N1CCC(c2ncc[nH]2)CC1)C1CCCCC1. The van der Waals surface area contributed by atoms with E-state index in [4.69, 9.17) is 0 Å². The standard InChI is InChI=1S/C21H29N5O/c1-25(17-6-3-2-4-7-17)20-18(8-5-11-24-20)21(27)26-14-9-16(10-15-26)19-22-12-13-23-19/h5,8,11-13,16-17H,2-4,6-7,9-10,14-15H2,1H3,(H,22,23). The van der Waals surface area contributed by atoms with Crippen LogP contribution >= 0.6 is 0 Å². The molecule has 144 valence electrons. The Hall–Kier alpha value is -2.37. The van der Waals surface area contributed by atoms with Crippen LogP contribution in [0.4, 0.5) is 5.82 Å². The highest BCUT2D eigenvalue weighted by atomic mass is 16.2. The number of anilines is 1. The van der Waals surface area contributed by atoms with E-state index in [0.29, 0.717) is 12.0 Å². The number of pyridine rings is 1. The van der Waals surface area contributed by atoms with Crippen LogP contribution in [0.15, 0.2) is 30.7 Å². The number of carbonyl (C=O) groups excluding carboxylic acids is 1. The molecule has 1 amide bonds. The predicted molar refractivity (Wildman–Crippen MR) is 106 cm³/mol. The lowest BCUT2D eigenvalue weighted by Gasteiger charge is -2.35. The second-order valence-electron chi connectivity index (χ2n) is 7.82. The third-order valence-electron chi connectivity index (χ3n) is 6.16. The van der Waals surface area contributed by atoms with Crippen molar-refractivity contribution in [1.82, 2.24) is 19.9 Å². The average Bonchev–Trinajstić information content (AvgIpc) is 3.28. The van der Waals surface area contributed by atoms with E-state index in [9.17, 15) is 4.79 Å².